The molecular weight excluding hydrogens is 361 g/mol. The van der Waals surface area contributed by atoms with Gasteiger partial charge in [0.2, 0.25) is 0 Å². The predicted molar refractivity (Wildman–Crippen MR) is 82.6 cm³/mol. The Labute approximate surface area is 123 Å². The van der Waals surface area contributed by atoms with Crippen LogP contribution in [0.4, 0.5) is 5.69 Å². The molecule has 0 saturated carbocycles. The highest BCUT2D eigenvalue weighted by Gasteiger charge is 2.08. The van der Waals surface area contributed by atoms with E-state index in [4.69, 9.17) is 4.74 Å². The molecule has 0 fully saturated rings. The highest BCUT2D eigenvalue weighted by molar-refractivity contribution is 14.1. The number of benzene rings is 1. The standard InChI is InChI=1S/C13H12INO2S/c1-2-17-11-5-3-4-10(7-11)15-13(16)9-6-12(14)18-8-9/h3-8H,2H2,1H3,(H,15,16). The molecule has 18 heavy (non-hydrogen) atoms. The van der Waals surface area contributed by atoms with Crippen molar-refractivity contribution in [3.8, 4) is 5.75 Å². The number of carbonyl (C=O) groups excluding carboxylic acids is 1. The van der Waals surface area contributed by atoms with Crippen molar-refractivity contribution in [3.05, 3.63) is 44.2 Å². The van der Waals surface area contributed by atoms with Gasteiger partial charge in [-0.25, -0.2) is 0 Å². The first-order valence-electron chi connectivity index (χ1n) is 5.47. The van der Waals surface area contributed by atoms with Crippen LogP contribution < -0.4 is 10.1 Å². The Morgan fingerprint density at radius 1 is 1.44 bits per heavy atom. The number of anilines is 1. The average Bonchev–Trinajstić information content (AvgIpc) is 2.77. The van der Waals surface area contributed by atoms with E-state index in [-0.39, 0.29) is 5.91 Å². The zero-order valence-corrected chi connectivity index (χ0v) is 12.7. The Hall–Kier alpha value is -1.08. The maximum absolute atomic E-state index is 11.9. The van der Waals surface area contributed by atoms with Crippen molar-refractivity contribution < 1.29 is 9.53 Å². The lowest BCUT2D eigenvalue weighted by Gasteiger charge is -2.07. The Bertz CT molecular complexity index is 553. The average molecular weight is 373 g/mol. The van der Waals surface area contributed by atoms with Crippen LogP contribution in [-0.4, -0.2) is 12.5 Å². The maximum atomic E-state index is 11.9. The van der Waals surface area contributed by atoms with Crippen LogP contribution in [-0.2, 0) is 0 Å². The fourth-order valence-electron chi connectivity index (χ4n) is 1.46. The van der Waals surface area contributed by atoms with Gasteiger partial charge in [0.05, 0.1) is 15.1 Å². The normalized spacial score (nSPS) is 10.1. The van der Waals surface area contributed by atoms with Crippen molar-refractivity contribution in [1.29, 1.82) is 0 Å². The first-order chi connectivity index (χ1) is 8.69. The zero-order valence-electron chi connectivity index (χ0n) is 9.77. The fourth-order valence-corrected chi connectivity index (χ4v) is 2.79. The molecule has 0 saturated heterocycles. The molecule has 1 aromatic carbocycles. The number of thiophene rings is 1. The molecule has 1 heterocycles. The Balaban J connectivity index is 2.09. The van der Waals surface area contributed by atoms with Crippen molar-refractivity contribution in [2.24, 2.45) is 0 Å². The molecule has 0 radical (unpaired) electrons. The van der Waals surface area contributed by atoms with Gasteiger partial charge in [0.15, 0.2) is 0 Å². The summed E-state index contributed by atoms with van der Waals surface area (Å²) in [4.78, 5) is 11.9. The molecule has 0 atom stereocenters. The lowest BCUT2D eigenvalue weighted by atomic mass is 10.2. The molecule has 2 rings (SSSR count). The summed E-state index contributed by atoms with van der Waals surface area (Å²) in [7, 11) is 0. The van der Waals surface area contributed by atoms with Gasteiger partial charge in [0, 0.05) is 17.1 Å². The van der Waals surface area contributed by atoms with Crippen molar-refractivity contribution in [3.63, 3.8) is 0 Å². The van der Waals surface area contributed by atoms with Crippen LogP contribution in [0.1, 0.15) is 17.3 Å². The first kappa shape index (κ1) is 13.4. The minimum absolute atomic E-state index is 0.0946. The van der Waals surface area contributed by atoms with Crippen molar-refractivity contribution in [1.82, 2.24) is 0 Å². The quantitative estimate of drug-likeness (QED) is 0.823. The highest BCUT2D eigenvalue weighted by Crippen LogP contribution is 2.20. The monoisotopic (exact) mass is 373 g/mol. The van der Waals surface area contributed by atoms with E-state index in [1.807, 2.05) is 42.6 Å². The van der Waals surface area contributed by atoms with Crippen LogP contribution in [0.15, 0.2) is 35.7 Å². The van der Waals surface area contributed by atoms with Gasteiger partial charge in [-0.05, 0) is 47.7 Å². The van der Waals surface area contributed by atoms with Gasteiger partial charge in [-0.3, -0.25) is 4.79 Å². The SMILES string of the molecule is CCOc1cccc(NC(=O)c2csc(I)c2)c1. The molecular formula is C13H12INO2S. The molecule has 1 amide bonds. The van der Waals surface area contributed by atoms with Crippen LogP contribution in [0.25, 0.3) is 0 Å². The van der Waals surface area contributed by atoms with Crippen molar-refractivity contribution in [2.75, 3.05) is 11.9 Å². The van der Waals surface area contributed by atoms with Gasteiger partial charge in [-0.15, -0.1) is 11.3 Å². The summed E-state index contributed by atoms with van der Waals surface area (Å²) in [5, 5.41) is 4.71. The summed E-state index contributed by atoms with van der Waals surface area (Å²) in [6.07, 6.45) is 0. The number of carbonyl (C=O) groups is 1. The third-order valence-corrected chi connectivity index (χ3v) is 4.02. The van der Waals surface area contributed by atoms with Gasteiger partial charge >= 0.3 is 0 Å². The molecule has 3 nitrogen and oxygen atoms in total. The molecule has 0 aliphatic heterocycles. The third-order valence-electron chi connectivity index (χ3n) is 2.23. The summed E-state index contributed by atoms with van der Waals surface area (Å²) in [6, 6.07) is 9.26. The number of nitrogens with one attached hydrogen (secondary N) is 1. The van der Waals surface area contributed by atoms with E-state index >= 15 is 0 Å². The van der Waals surface area contributed by atoms with E-state index in [0.717, 1.165) is 14.3 Å². The van der Waals surface area contributed by atoms with Crippen molar-refractivity contribution in [2.45, 2.75) is 6.92 Å². The number of ether oxygens (including phenoxy) is 1. The van der Waals surface area contributed by atoms with E-state index in [1.165, 1.54) is 0 Å². The highest BCUT2D eigenvalue weighted by atomic mass is 127. The van der Waals surface area contributed by atoms with E-state index in [2.05, 4.69) is 27.9 Å². The van der Waals surface area contributed by atoms with Gasteiger partial charge in [-0.1, -0.05) is 6.07 Å². The van der Waals surface area contributed by atoms with Crippen LogP contribution in [0, 0.1) is 2.88 Å². The second-order valence-corrected chi connectivity index (χ2v) is 6.36. The molecule has 1 aromatic heterocycles. The number of rotatable bonds is 4. The van der Waals surface area contributed by atoms with Gasteiger partial charge in [-0.2, -0.15) is 0 Å². The minimum Gasteiger partial charge on any atom is -0.494 e. The van der Waals surface area contributed by atoms with Crippen LogP contribution in [0.2, 0.25) is 0 Å². The lowest BCUT2D eigenvalue weighted by molar-refractivity contribution is 0.102. The zero-order chi connectivity index (χ0) is 13.0. The van der Waals surface area contributed by atoms with E-state index in [0.29, 0.717) is 12.2 Å². The summed E-state index contributed by atoms with van der Waals surface area (Å²) >= 11 is 3.76. The third kappa shape index (κ3) is 3.46. The molecule has 5 heteroatoms. The predicted octanol–water partition coefficient (Wildman–Crippen LogP) is 4.00. The van der Waals surface area contributed by atoms with Gasteiger partial charge in [0.1, 0.15) is 5.75 Å². The Kier molecular flexibility index (Phi) is 4.60. The van der Waals surface area contributed by atoms with Crippen molar-refractivity contribution >= 4 is 45.5 Å². The number of halogens is 1. The van der Waals surface area contributed by atoms with E-state index < -0.39 is 0 Å². The molecule has 0 unspecified atom stereocenters. The fraction of sp³-hybridized carbons (Fsp3) is 0.154. The van der Waals surface area contributed by atoms with Crippen LogP contribution in [0.5, 0.6) is 5.75 Å². The first-order valence-corrected chi connectivity index (χ1v) is 7.43. The smallest absolute Gasteiger partial charge is 0.256 e. The molecule has 94 valence electrons. The number of hydrogen-bond donors (Lipinski definition) is 1. The second-order valence-electron chi connectivity index (χ2n) is 3.55. The van der Waals surface area contributed by atoms with Crippen LogP contribution >= 0.6 is 33.9 Å². The molecule has 0 aliphatic carbocycles. The summed E-state index contributed by atoms with van der Waals surface area (Å²) in [6.45, 7) is 2.54. The molecule has 0 bridgehead atoms. The number of hydrogen-bond acceptors (Lipinski definition) is 3. The molecule has 2 aromatic rings. The van der Waals surface area contributed by atoms with E-state index in [9.17, 15) is 4.79 Å². The molecule has 1 N–H and O–H groups in total. The lowest BCUT2D eigenvalue weighted by Crippen LogP contribution is -2.10. The number of amides is 1. The second kappa shape index (κ2) is 6.19. The summed E-state index contributed by atoms with van der Waals surface area (Å²) < 4.78 is 6.49. The van der Waals surface area contributed by atoms with E-state index in [1.54, 1.807) is 11.3 Å². The van der Waals surface area contributed by atoms with Crippen LogP contribution in [0.3, 0.4) is 0 Å². The largest absolute Gasteiger partial charge is 0.494 e. The maximum Gasteiger partial charge on any atom is 0.256 e. The Morgan fingerprint density at radius 3 is 2.94 bits per heavy atom. The molecule has 0 aliphatic rings. The molecule has 0 spiro atoms. The minimum atomic E-state index is -0.0946. The van der Waals surface area contributed by atoms with Gasteiger partial charge < -0.3 is 10.1 Å². The van der Waals surface area contributed by atoms with Gasteiger partial charge in [0.25, 0.3) is 5.91 Å². The summed E-state index contributed by atoms with van der Waals surface area (Å²) in [5.74, 6) is 0.665. The topological polar surface area (TPSA) is 38.3 Å². The summed E-state index contributed by atoms with van der Waals surface area (Å²) in [5.41, 5.74) is 1.43. The Morgan fingerprint density at radius 2 is 2.28 bits per heavy atom.